The highest BCUT2D eigenvalue weighted by molar-refractivity contribution is 5.82. The van der Waals surface area contributed by atoms with E-state index in [0.29, 0.717) is 12.5 Å². The summed E-state index contributed by atoms with van der Waals surface area (Å²) in [5.74, 6) is 1.50. The summed E-state index contributed by atoms with van der Waals surface area (Å²) in [6, 6.07) is 1.94. The molecule has 2 saturated heterocycles. The Morgan fingerprint density at radius 2 is 2.11 bits per heavy atom. The molecule has 2 aliphatic heterocycles. The first-order valence-electron chi connectivity index (χ1n) is 10.1. The Kier molecular flexibility index (Phi) is 7.09. The summed E-state index contributed by atoms with van der Waals surface area (Å²) in [5, 5.41) is 7.65. The predicted molar refractivity (Wildman–Crippen MR) is 104 cm³/mol. The van der Waals surface area contributed by atoms with Crippen molar-refractivity contribution in [1.29, 1.82) is 0 Å². The lowest BCUT2D eigenvalue weighted by molar-refractivity contribution is -0.142. The minimum Gasteiger partial charge on any atom is -0.368 e. The summed E-state index contributed by atoms with van der Waals surface area (Å²) < 4.78 is 7.49. The van der Waals surface area contributed by atoms with Crippen molar-refractivity contribution in [3.63, 3.8) is 0 Å². The van der Waals surface area contributed by atoms with E-state index in [0.717, 1.165) is 64.6 Å². The smallest absolute Gasteiger partial charge is 0.251 e. The van der Waals surface area contributed by atoms with Gasteiger partial charge in [-0.1, -0.05) is 6.92 Å². The molecule has 3 rings (SSSR count). The van der Waals surface area contributed by atoms with Crippen molar-refractivity contribution in [3.8, 4) is 0 Å². The van der Waals surface area contributed by atoms with E-state index >= 15 is 0 Å². The van der Waals surface area contributed by atoms with Gasteiger partial charge in [0.2, 0.25) is 0 Å². The van der Waals surface area contributed by atoms with Gasteiger partial charge in [-0.3, -0.25) is 14.5 Å². The van der Waals surface area contributed by atoms with Gasteiger partial charge in [0.15, 0.2) is 5.96 Å². The van der Waals surface area contributed by atoms with Crippen molar-refractivity contribution in [3.05, 3.63) is 18.5 Å². The third-order valence-electron chi connectivity index (χ3n) is 5.04. The predicted octanol–water partition coefficient (Wildman–Crippen LogP) is 0.808. The lowest BCUT2D eigenvalue weighted by atomic mass is 10.2. The van der Waals surface area contributed by atoms with Gasteiger partial charge in [-0.05, 0) is 31.7 Å². The second-order valence-corrected chi connectivity index (χ2v) is 7.34. The number of nitrogens with one attached hydrogen (secondary N) is 1. The van der Waals surface area contributed by atoms with Crippen LogP contribution in [0.3, 0.4) is 0 Å². The molecule has 1 N–H and O–H groups in total. The Hall–Kier alpha value is -2.09. The van der Waals surface area contributed by atoms with E-state index in [4.69, 9.17) is 9.73 Å². The Bertz CT molecular complexity index is 604. The number of carbonyl (C=O) groups excluding carboxylic acids is 1. The number of carbonyl (C=O) groups is 1. The van der Waals surface area contributed by atoms with E-state index in [1.807, 2.05) is 21.8 Å². The van der Waals surface area contributed by atoms with Crippen LogP contribution in [0, 0.1) is 5.92 Å². The van der Waals surface area contributed by atoms with Crippen LogP contribution in [0.4, 0.5) is 0 Å². The molecule has 0 radical (unpaired) electrons. The van der Waals surface area contributed by atoms with Crippen LogP contribution in [-0.2, 0) is 16.1 Å². The first-order valence-corrected chi connectivity index (χ1v) is 10.1. The van der Waals surface area contributed by atoms with E-state index < -0.39 is 0 Å². The quantitative estimate of drug-likeness (QED) is 0.587. The molecule has 1 aromatic rings. The van der Waals surface area contributed by atoms with Gasteiger partial charge in [0.1, 0.15) is 6.10 Å². The van der Waals surface area contributed by atoms with E-state index in [-0.39, 0.29) is 12.0 Å². The molecule has 27 heavy (non-hydrogen) atoms. The molecule has 150 valence electrons. The van der Waals surface area contributed by atoms with Crippen LogP contribution < -0.4 is 5.32 Å². The lowest BCUT2D eigenvalue weighted by Gasteiger charge is -2.37. The third kappa shape index (κ3) is 5.45. The van der Waals surface area contributed by atoms with E-state index in [1.165, 1.54) is 0 Å². The molecular formula is C19H32N6O2. The molecule has 0 saturated carbocycles. The Morgan fingerprint density at radius 3 is 2.74 bits per heavy atom. The summed E-state index contributed by atoms with van der Waals surface area (Å²) in [4.78, 5) is 21.5. The number of aliphatic imine (C=N–C) groups is 1. The van der Waals surface area contributed by atoms with Crippen LogP contribution >= 0.6 is 0 Å². The minimum absolute atomic E-state index is 0.155. The highest BCUT2D eigenvalue weighted by Gasteiger charge is 2.30. The fourth-order valence-electron chi connectivity index (χ4n) is 3.57. The largest absolute Gasteiger partial charge is 0.368 e. The SMILES string of the molecule is CCNC(=NCC(C)Cn1cccn1)N1CCN(C(=O)C2CCCO2)CC1. The van der Waals surface area contributed by atoms with Crippen LogP contribution in [0.2, 0.25) is 0 Å². The first-order chi connectivity index (χ1) is 13.2. The van der Waals surface area contributed by atoms with E-state index in [9.17, 15) is 4.79 Å². The summed E-state index contributed by atoms with van der Waals surface area (Å²) >= 11 is 0. The fourth-order valence-corrected chi connectivity index (χ4v) is 3.57. The average molecular weight is 377 g/mol. The topological polar surface area (TPSA) is 75.0 Å². The Morgan fingerprint density at radius 1 is 1.33 bits per heavy atom. The van der Waals surface area contributed by atoms with Gasteiger partial charge in [0.05, 0.1) is 0 Å². The van der Waals surface area contributed by atoms with Crippen LogP contribution in [0.25, 0.3) is 0 Å². The standard InChI is InChI=1S/C19H32N6O2/c1-3-20-19(21-14-16(2)15-25-8-5-7-22-25)24-11-9-23(10-12-24)18(26)17-6-4-13-27-17/h5,7-8,16-17H,3-4,6,9-15H2,1-2H3,(H,20,21). The molecule has 2 fully saturated rings. The number of nitrogens with zero attached hydrogens (tertiary/aromatic N) is 5. The maximum Gasteiger partial charge on any atom is 0.251 e. The maximum atomic E-state index is 12.5. The molecule has 8 heteroatoms. The van der Waals surface area contributed by atoms with Crippen LogP contribution in [-0.4, -0.2) is 83.4 Å². The summed E-state index contributed by atoms with van der Waals surface area (Å²) in [7, 11) is 0. The van der Waals surface area contributed by atoms with Crippen molar-refractivity contribution in [2.75, 3.05) is 45.9 Å². The van der Waals surface area contributed by atoms with Gasteiger partial charge in [-0.2, -0.15) is 5.10 Å². The maximum absolute atomic E-state index is 12.5. The second kappa shape index (κ2) is 9.73. The molecule has 1 aromatic heterocycles. The molecule has 8 nitrogen and oxygen atoms in total. The number of aromatic nitrogens is 2. The monoisotopic (exact) mass is 376 g/mol. The molecule has 0 spiro atoms. The normalized spacial score (nSPS) is 22.1. The number of hydrogen-bond donors (Lipinski definition) is 1. The zero-order valence-corrected chi connectivity index (χ0v) is 16.5. The zero-order valence-electron chi connectivity index (χ0n) is 16.5. The molecule has 0 bridgehead atoms. The van der Waals surface area contributed by atoms with Crippen molar-refractivity contribution in [2.24, 2.45) is 10.9 Å². The van der Waals surface area contributed by atoms with Crippen LogP contribution in [0.5, 0.6) is 0 Å². The first kappa shape index (κ1) is 19.7. The number of amides is 1. The van der Waals surface area contributed by atoms with Crippen molar-refractivity contribution < 1.29 is 9.53 Å². The molecule has 0 aliphatic carbocycles. The van der Waals surface area contributed by atoms with E-state index in [2.05, 4.69) is 29.2 Å². The Labute approximate surface area is 161 Å². The van der Waals surface area contributed by atoms with Gasteiger partial charge in [0, 0.05) is 64.8 Å². The van der Waals surface area contributed by atoms with Crippen molar-refractivity contribution in [1.82, 2.24) is 24.9 Å². The summed E-state index contributed by atoms with van der Waals surface area (Å²) in [6.07, 6.45) is 5.41. The third-order valence-corrected chi connectivity index (χ3v) is 5.04. The van der Waals surface area contributed by atoms with Crippen molar-refractivity contribution in [2.45, 2.75) is 39.3 Å². The average Bonchev–Trinajstić information content (AvgIpc) is 3.39. The highest BCUT2D eigenvalue weighted by Crippen LogP contribution is 2.16. The molecule has 3 heterocycles. The number of guanidine groups is 1. The molecule has 2 aliphatic rings. The van der Waals surface area contributed by atoms with Gasteiger partial charge in [0.25, 0.3) is 5.91 Å². The van der Waals surface area contributed by atoms with Gasteiger partial charge < -0.3 is 19.9 Å². The molecule has 2 unspecified atom stereocenters. The van der Waals surface area contributed by atoms with Crippen LogP contribution in [0.1, 0.15) is 26.7 Å². The van der Waals surface area contributed by atoms with Crippen molar-refractivity contribution >= 4 is 11.9 Å². The molecule has 2 atom stereocenters. The summed E-state index contributed by atoms with van der Waals surface area (Å²) in [5.41, 5.74) is 0. The number of rotatable bonds is 6. The number of piperazine rings is 1. The van der Waals surface area contributed by atoms with Gasteiger partial charge in [-0.25, -0.2) is 0 Å². The lowest BCUT2D eigenvalue weighted by Crippen LogP contribution is -2.55. The van der Waals surface area contributed by atoms with Gasteiger partial charge in [-0.15, -0.1) is 0 Å². The minimum atomic E-state index is -0.221. The van der Waals surface area contributed by atoms with Crippen LogP contribution in [0.15, 0.2) is 23.5 Å². The van der Waals surface area contributed by atoms with E-state index in [1.54, 1.807) is 6.20 Å². The summed E-state index contributed by atoms with van der Waals surface area (Å²) in [6.45, 7) is 10.5. The molecular weight excluding hydrogens is 344 g/mol. The molecule has 0 aromatic carbocycles. The zero-order chi connectivity index (χ0) is 19.1. The fraction of sp³-hybridized carbons (Fsp3) is 0.737. The van der Waals surface area contributed by atoms with Gasteiger partial charge >= 0.3 is 0 Å². The number of hydrogen-bond acceptors (Lipinski definition) is 4. The second-order valence-electron chi connectivity index (χ2n) is 7.34. The Balaban J connectivity index is 1.50. The molecule has 1 amide bonds. The number of ether oxygens (including phenoxy) is 1. The highest BCUT2D eigenvalue weighted by atomic mass is 16.5.